The predicted octanol–water partition coefficient (Wildman–Crippen LogP) is 4.69. The van der Waals surface area contributed by atoms with E-state index in [9.17, 15) is 14.7 Å². The fraction of sp³-hybridized carbons (Fsp3) is 0.917. The maximum absolute atomic E-state index is 13.3. The van der Waals surface area contributed by atoms with E-state index in [4.69, 9.17) is 5.11 Å². The summed E-state index contributed by atoms with van der Waals surface area (Å²) in [4.78, 5) is 24.4. The molecular formula is C24H38O4. The zero-order valence-corrected chi connectivity index (χ0v) is 17.8. The molecule has 0 saturated heterocycles. The molecule has 28 heavy (non-hydrogen) atoms. The average Bonchev–Trinajstić information content (AvgIpc) is 2.98. The molecule has 4 rings (SSSR count). The summed E-state index contributed by atoms with van der Waals surface area (Å²) in [6.45, 7) is 7.06. The van der Waals surface area contributed by atoms with E-state index in [1.165, 1.54) is 6.42 Å². The van der Waals surface area contributed by atoms with Gasteiger partial charge in [-0.3, -0.25) is 9.59 Å². The summed E-state index contributed by atoms with van der Waals surface area (Å²) >= 11 is 0. The Morgan fingerprint density at radius 1 is 1.11 bits per heavy atom. The van der Waals surface area contributed by atoms with Crippen LogP contribution in [-0.4, -0.2) is 28.1 Å². The van der Waals surface area contributed by atoms with Gasteiger partial charge in [0.05, 0.1) is 6.10 Å². The minimum atomic E-state index is -0.698. The monoisotopic (exact) mass is 390 g/mol. The highest BCUT2D eigenvalue weighted by Crippen LogP contribution is 2.67. The Morgan fingerprint density at radius 3 is 2.50 bits per heavy atom. The Labute approximate surface area is 169 Å². The minimum Gasteiger partial charge on any atom is -0.481 e. The summed E-state index contributed by atoms with van der Waals surface area (Å²) in [6, 6.07) is 0. The van der Waals surface area contributed by atoms with Crippen molar-refractivity contribution in [2.75, 3.05) is 0 Å². The van der Waals surface area contributed by atoms with E-state index in [0.717, 1.165) is 44.9 Å². The van der Waals surface area contributed by atoms with Crippen molar-refractivity contribution in [2.45, 2.75) is 91.1 Å². The van der Waals surface area contributed by atoms with Gasteiger partial charge in [0.2, 0.25) is 0 Å². The predicted molar refractivity (Wildman–Crippen MR) is 108 cm³/mol. The fourth-order valence-electron chi connectivity index (χ4n) is 8.44. The number of carbonyl (C=O) groups excluding carboxylic acids is 1. The molecular weight excluding hydrogens is 352 g/mol. The van der Waals surface area contributed by atoms with Crippen molar-refractivity contribution in [3.8, 4) is 0 Å². The maximum atomic E-state index is 13.3. The van der Waals surface area contributed by atoms with E-state index in [0.29, 0.717) is 41.8 Å². The molecule has 4 aliphatic rings. The fourth-order valence-corrected chi connectivity index (χ4v) is 8.44. The number of aliphatic carboxylic acids is 1. The van der Waals surface area contributed by atoms with Gasteiger partial charge in [-0.25, -0.2) is 0 Å². The molecule has 4 nitrogen and oxygen atoms in total. The summed E-state index contributed by atoms with van der Waals surface area (Å²) in [6.07, 6.45) is 8.81. The molecule has 2 N–H and O–H groups in total. The first-order valence-electron chi connectivity index (χ1n) is 11.6. The molecule has 9 atom stereocenters. The first kappa shape index (κ1) is 20.4. The summed E-state index contributed by atoms with van der Waals surface area (Å²) in [5.74, 6) is 2.25. The van der Waals surface area contributed by atoms with Crippen molar-refractivity contribution in [1.82, 2.24) is 0 Å². The Balaban J connectivity index is 1.56. The lowest BCUT2D eigenvalue weighted by Crippen LogP contribution is -2.57. The quantitative estimate of drug-likeness (QED) is 0.730. The van der Waals surface area contributed by atoms with E-state index in [1.54, 1.807) is 0 Å². The molecule has 0 amide bonds. The number of aliphatic hydroxyl groups excluding tert-OH is 1. The lowest BCUT2D eigenvalue weighted by molar-refractivity contribution is -0.160. The number of rotatable bonds is 4. The standard InChI is InChI=1S/C24H38O4/c1-14(4-7-21(27)28)17-5-6-18-22-19(9-11-24(17,18)3)23(2)10-8-16(25)12-15(23)13-20(22)26/h14-19,22,25H,4-13H2,1-3H3,(H,27,28)/t14-,15+,16?,17-,18+,19+,22+,23+,24-/m1/s1. The van der Waals surface area contributed by atoms with Crippen molar-refractivity contribution >= 4 is 11.8 Å². The van der Waals surface area contributed by atoms with Crippen LogP contribution in [0.25, 0.3) is 0 Å². The van der Waals surface area contributed by atoms with Gasteiger partial charge in [-0.1, -0.05) is 20.8 Å². The van der Waals surface area contributed by atoms with Crippen LogP contribution in [0.4, 0.5) is 0 Å². The average molecular weight is 391 g/mol. The van der Waals surface area contributed by atoms with Crippen LogP contribution in [0.5, 0.6) is 0 Å². The van der Waals surface area contributed by atoms with Gasteiger partial charge in [0, 0.05) is 18.8 Å². The van der Waals surface area contributed by atoms with Crippen LogP contribution in [0.15, 0.2) is 0 Å². The number of hydrogen-bond donors (Lipinski definition) is 2. The number of carboxylic acid groups (broad SMARTS) is 1. The molecule has 0 spiro atoms. The molecule has 0 aromatic carbocycles. The SMILES string of the molecule is C[C@H](CCC(=O)O)[C@H]1CC[C@H]2[C@@H]3C(=O)C[C@@H]4CC(O)CC[C@]4(C)[C@H]3CC[C@]12C. The number of aliphatic hydroxyl groups is 1. The minimum absolute atomic E-state index is 0.187. The summed E-state index contributed by atoms with van der Waals surface area (Å²) < 4.78 is 0. The number of fused-ring (bicyclic) bond motifs is 5. The molecule has 4 fully saturated rings. The van der Waals surface area contributed by atoms with Crippen LogP contribution in [0.2, 0.25) is 0 Å². The maximum Gasteiger partial charge on any atom is 0.303 e. The Bertz CT molecular complexity index is 645. The van der Waals surface area contributed by atoms with E-state index in [2.05, 4.69) is 20.8 Å². The first-order valence-corrected chi connectivity index (χ1v) is 11.6. The van der Waals surface area contributed by atoms with Gasteiger partial charge in [0.15, 0.2) is 0 Å². The largest absolute Gasteiger partial charge is 0.481 e. The normalized spacial score (nSPS) is 49.1. The van der Waals surface area contributed by atoms with Crippen LogP contribution in [-0.2, 0) is 9.59 Å². The number of ketones is 1. The van der Waals surface area contributed by atoms with Crippen molar-refractivity contribution < 1.29 is 19.8 Å². The highest BCUT2D eigenvalue weighted by atomic mass is 16.4. The van der Waals surface area contributed by atoms with E-state index in [1.807, 2.05) is 0 Å². The molecule has 1 unspecified atom stereocenters. The summed E-state index contributed by atoms with van der Waals surface area (Å²) in [5.41, 5.74) is 0.401. The van der Waals surface area contributed by atoms with E-state index >= 15 is 0 Å². The van der Waals surface area contributed by atoms with E-state index in [-0.39, 0.29) is 29.3 Å². The Kier molecular flexibility index (Phi) is 5.17. The third-order valence-corrected chi connectivity index (χ3v) is 10.0. The summed E-state index contributed by atoms with van der Waals surface area (Å²) in [7, 11) is 0. The zero-order valence-electron chi connectivity index (χ0n) is 17.8. The lowest BCUT2D eigenvalue weighted by atomic mass is 9.44. The van der Waals surface area contributed by atoms with Crippen LogP contribution in [0.1, 0.15) is 85.0 Å². The molecule has 0 aromatic rings. The first-order chi connectivity index (χ1) is 13.2. The van der Waals surface area contributed by atoms with Crippen molar-refractivity contribution in [1.29, 1.82) is 0 Å². The van der Waals surface area contributed by atoms with Gasteiger partial charge in [-0.2, -0.15) is 0 Å². The highest BCUT2D eigenvalue weighted by Gasteiger charge is 2.62. The van der Waals surface area contributed by atoms with Gasteiger partial charge in [-0.15, -0.1) is 0 Å². The van der Waals surface area contributed by atoms with Crippen molar-refractivity contribution in [3.05, 3.63) is 0 Å². The molecule has 158 valence electrons. The number of Topliss-reactive ketones (excluding diaryl/α,β-unsaturated/α-hetero) is 1. The topological polar surface area (TPSA) is 74.6 Å². The molecule has 0 aromatic heterocycles. The molecule has 4 saturated carbocycles. The van der Waals surface area contributed by atoms with Crippen LogP contribution in [0.3, 0.4) is 0 Å². The molecule has 0 aliphatic heterocycles. The highest BCUT2D eigenvalue weighted by molar-refractivity contribution is 5.83. The Hall–Kier alpha value is -0.900. The smallest absolute Gasteiger partial charge is 0.303 e. The zero-order chi connectivity index (χ0) is 20.3. The van der Waals surface area contributed by atoms with Crippen molar-refractivity contribution in [3.63, 3.8) is 0 Å². The van der Waals surface area contributed by atoms with E-state index < -0.39 is 5.97 Å². The number of carboxylic acids is 1. The molecule has 4 aliphatic carbocycles. The third-order valence-electron chi connectivity index (χ3n) is 10.0. The molecule has 4 heteroatoms. The van der Waals surface area contributed by atoms with Gasteiger partial charge in [-0.05, 0) is 91.8 Å². The van der Waals surface area contributed by atoms with Crippen LogP contribution < -0.4 is 0 Å². The van der Waals surface area contributed by atoms with Crippen LogP contribution in [0, 0.1) is 46.3 Å². The van der Waals surface area contributed by atoms with Crippen molar-refractivity contribution in [2.24, 2.45) is 46.3 Å². The lowest BCUT2D eigenvalue weighted by Gasteiger charge is -2.60. The Morgan fingerprint density at radius 2 is 1.79 bits per heavy atom. The molecule has 0 heterocycles. The summed E-state index contributed by atoms with van der Waals surface area (Å²) in [5, 5.41) is 19.3. The van der Waals surface area contributed by atoms with Crippen LogP contribution >= 0.6 is 0 Å². The van der Waals surface area contributed by atoms with Gasteiger partial charge >= 0.3 is 5.97 Å². The number of carbonyl (C=O) groups is 2. The second-order valence-electron chi connectivity index (χ2n) is 11.2. The second kappa shape index (κ2) is 7.11. The molecule has 0 radical (unpaired) electrons. The van der Waals surface area contributed by atoms with Gasteiger partial charge < -0.3 is 10.2 Å². The van der Waals surface area contributed by atoms with Gasteiger partial charge in [0.25, 0.3) is 0 Å². The number of hydrogen-bond acceptors (Lipinski definition) is 3. The third kappa shape index (κ3) is 3.05. The second-order valence-corrected chi connectivity index (χ2v) is 11.2. The molecule has 0 bridgehead atoms. The van der Waals surface area contributed by atoms with Gasteiger partial charge in [0.1, 0.15) is 5.78 Å².